The molecule has 0 aliphatic carbocycles. The Morgan fingerprint density at radius 3 is 2.25 bits per heavy atom. The summed E-state index contributed by atoms with van der Waals surface area (Å²) in [5, 5.41) is 0. The van der Waals surface area contributed by atoms with Crippen molar-refractivity contribution in [2.24, 2.45) is 5.73 Å². The Kier molecular flexibility index (Phi) is 5.66. The van der Waals surface area contributed by atoms with Crippen LogP contribution in [0, 0.1) is 0 Å². The Bertz CT molecular complexity index is 616. The molecule has 0 saturated heterocycles. The number of ether oxygens (including phenoxy) is 1. The summed E-state index contributed by atoms with van der Waals surface area (Å²) in [7, 11) is 0. The van der Waals surface area contributed by atoms with Gasteiger partial charge in [-0.1, -0.05) is 47.8 Å². The van der Waals surface area contributed by atoms with Crippen molar-refractivity contribution in [3.05, 3.63) is 60.9 Å². The molecule has 0 amide bonds. The average molecular weight is 464 g/mol. The van der Waals surface area contributed by atoms with E-state index in [-0.39, 0.29) is 6.04 Å². The van der Waals surface area contributed by atoms with E-state index in [1.807, 2.05) is 43.3 Å². The van der Waals surface area contributed by atoms with Crippen molar-refractivity contribution in [2.75, 3.05) is 6.61 Å². The van der Waals surface area contributed by atoms with Crippen LogP contribution in [0.15, 0.2) is 49.8 Å². The van der Waals surface area contributed by atoms with E-state index < -0.39 is 0 Å². The molecule has 2 aromatic carbocycles. The lowest BCUT2D eigenvalue weighted by Gasteiger charge is -2.19. The van der Waals surface area contributed by atoms with Crippen LogP contribution < -0.4 is 10.5 Å². The van der Waals surface area contributed by atoms with Crippen molar-refractivity contribution < 1.29 is 4.74 Å². The van der Waals surface area contributed by atoms with Crippen LogP contribution in [0.5, 0.6) is 5.75 Å². The molecule has 1 atom stereocenters. The van der Waals surface area contributed by atoms with Gasteiger partial charge in [-0.25, -0.2) is 0 Å². The SMILES string of the molecule is CCOc1ccc(Br)cc1C(N)c1cc(Br)ccc1Br. The number of benzene rings is 2. The normalized spacial score (nSPS) is 12.2. The number of halogens is 3. The smallest absolute Gasteiger partial charge is 0.124 e. The predicted octanol–water partition coefficient (Wildman–Crippen LogP) is 5.42. The summed E-state index contributed by atoms with van der Waals surface area (Å²) >= 11 is 10.5. The molecule has 0 aromatic heterocycles. The van der Waals surface area contributed by atoms with Crippen molar-refractivity contribution in [1.82, 2.24) is 0 Å². The molecule has 20 heavy (non-hydrogen) atoms. The molecular weight excluding hydrogens is 450 g/mol. The molecule has 0 bridgehead atoms. The number of rotatable bonds is 4. The first-order valence-corrected chi connectivity index (χ1v) is 8.53. The van der Waals surface area contributed by atoms with Crippen LogP contribution in [0.2, 0.25) is 0 Å². The molecule has 0 spiro atoms. The number of nitrogens with two attached hydrogens (primary N) is 1. The minimum Gasteiger partial charge on any atom is -0.494 e. The molecule has 1 unspecified atom stereocenters. The Balaban J connectivity index is 2.49. The van der Waals surface area contributed by atoms with Gasteiger partial charge < -0.3 is 10.5 Å². The third-order valence-electron chi connectivity index (χ3n) is 2.90. The maximum atomic E-state index is 6.43. The molecule has 2 N–H and O–H groups in total. The van der Waals surface area contributed by atoms with Crippen molar-refractivity contribution >= 4 is 47.8 Å². The minimum absolute atomic E-state index is 0.263. The Morgan fingerprint density at radius 1 is 1.00 bits per heavy atom. The molecule has 0 heterocycles. The lowest BCUT2D eigenvalue weighted by atomic mass is 9.99. The lowest BCUT2D eigenvalue weighted by Crippen LogP contribution is -2.14. The summed E-state index contributed by atoms with van der Waals surface area (Å²) in [6, 6.07) is 11.6. The van der Waals surface area contributed by atoms with Crippen LogP contribution >= 0.6 is 47.8 Å². The first-order chi connectivity index (χ1) is 9.52. The van der Waals surface area contributed by atoms with Gasteiger partial charge in [0.05, 0.1) is 12.6 Å². The average Bonchev–Trinajstić information content (AvgIpc) is 2.43. The van der Waals surface area contributed by atoms with Gasteiger partial charge in [-0.2, -0.15) is 0 Å². The van der Waals surface area contributed by atoms with Crippen LogP contribution in [0.25, 0.3) is 0 Å². The van der Waals surface area contributed by atoms with Gasteiger partial charge in [-0.15, -0.1) is 0 Å². The van der Waals surface area contributed by atoms with Crippen LogP contribution in [0.1, 0.15) is 24.1 Å². The van der Waals surface area contributed by atoms with E-state index in [9.17, 15) is 0 Å². The molecule has 2 rings (SSSR count). The maximum Gasteiger partial charge on any atom is 0.124 e. The largest absolute Gasteiger partial charge is 0.494 e. The molecule has 0 aliphatic heterocycles. The zero-order valence-electron chi connectivity index (χ0n) is 10.9. The third kappa shape index (κ3) is 3.64. The molecule has 2 aromatic rings. The van der Waals surface area contributed by atoms with E-state index in [2.05, 4.69) is 47.8 Å². The van der Waals surface area contributed by atoms with Gasteiger partial charge in [0.15, 0.2) is 0 Å². The molecule has 106 valence electrons. The second-order valence-corrected chi connectivity index (χ2v) is 6.94. The molecule has 5 heteroatoms. The minimum atomic E-state index is -0.263. The molecule has 0 saturated carbocycles. The van der Waals surface area contributed by atoms with Crippen molar-refractivity contribution in [3.8, 4) is 5.75 Å². The molecule has 0 fully saturated rings. The summed E-state index contributed by atoms with van der Waals surface area (Å²) in [6.07, 6.45) is 0. The van der Waals surface area contributed by atoms with E-state index in [0.717, 1.165) is 30.3 Å². The second kappa shape index (κ2) is 7.07. The maximum absolute atomic E-state index is 6.43. The van der Waals surface area contributed by atoms with Crippen LogP contribution in [0.3, 0.4) is 0 Å². The van der Waals surface area contributed by atoms with Gasteiger partial charge in [-0.05, 0) is 48.9 Å². The van der Waals surface area contributed by atoms with E-state index >= 15 is 0 Å². The highest BCUT2D eigenvalue weighted by atomic mass is 79.9. The zero-order valence-corrected chi connectivity index (χ0v) is 15.6. The fourth-order valence-corrected chi connectivity index (χ4v) is 3.22. The highest BCUT2D eigenvalue weighted by Crippen LogP contribution is 2.35. The molecule has 0 radical (unpaired) electrons. The standard InChI is InChI=1S/C15H14Br3NO/c1-2-20-14-6-4-10(17)8-12(14)15(19)11-7-9(16)3-5-13(11)18/h3-8,15H,2,19H2,1H3. The highest BCUT2D eigenvalue weighted by molar-refractivity contribution is 9.11. The van der Waals surface area contributed by atoms with Gasteiger partial charge in [0.25, 0.3) is 0 Å². The van der Waals surface area contributed by atoms with E-state index in [4.69, 9.17) is 10.5 Å². The zero-order chi connectivity index (χ0) is 14.7. The van der Waals surface area contributed by atoms with Crippen molar-refractivity contribution in [1.29, 1.82) is 0 Å². The number of hydrogen-bond donors (Lipinski definition) is 1. The first kappa shape index (κ1) is 16.0. The van der Waals surface area contributed by atoms with Gasteiger partial charge in [-0.3, -0.25) is 0 Å². The molecule has 2 nitrogen and oxygen atoms in total. The molecule has 0 aliphatic rings. The lowest BCUT2D eigenvalue weighted by molar-refractivity contribution is 0.335. The van der Waals surface area contributed by atoms with Crippen molar-refractivity contribution in [2.45, 2.75) is 13.0 Å². The predicted molar refractivity (Wildman–Crippen MR) is 93.2 cm³/mol. The monoisotopic (exact) mass is 461 g/mol. The van der Waals surface area contributed by atoms with Gasteiger partial charge >= 0.3 is 0 Å². The summed E-state index contributed by atoms with van der Waals surface area (Å²) in [6.45, 7) is 2.58. The second-order valence-electron chi connectivity index (χ2n) is 4.26. The summed E-state index contributed by atoms with van der Waals surface area (Å²) in [4.78, 5) is 0. The van der Waals surface area contributed by atoms with E-state index in [0.29, 0.717) is 6.61 Å². The quantitative estimate of drug-likeness (QED) is 0.657. The van der Waals surface area contributed by atoms with Crippen LogP contribution in [0.4, 0.5) is 0 Å². The van der Waals surface area contributed by atoms with Crippen LogP contribution in [-0.2, 0) is 0 Å². The molecular formula is C15H14Br3NO. The topological polar surface area (TPSA) is 35.2 Å². The highest BCUT2D eigenvalue weighted by Gasteiger charge is 2.17. The Hall–Kier alpha value is -0.360. The van der Waals surface area contributed by atoms with E-state index in [1.165, 1.54) is 0 Å². The van der Waals surface area contributed by atoms with Gasteiger partial charge in [0, 0.05) is 19.0 Å². The summed E-state index contributed by atoms with van der Waals surface area (Å²) in [5.41, 5.74) is 8.41. The van der Waals surface area contributed by atoms with E-state index in [1.54, 1.807) is 0 Å². The summed E-state index contributed by atoms with van der Waals surface area (Å²) < 4.78 is 8.64. The first-order valence-electron chi connectivity index (χ1n) is 6.15. The van der Waals surface area contributed by atoms with Crippen molar-refractivity contribution in [3.63, 3.8) is 0 Å². The Labute approximate surface area is 144 Å². The summed E-state index contributed by atoms with van der Waals surface area (Å²) in [5.74, 6) is 0.815. The van der Waals surface area contributed by atoms with Gasteiger partial charge in [0.2, 0.25) is 0 Å². The Morgan fingerprint density at radius 2 is 1.60 bits per heavy atom. The number of hydrogen-bond acceptors (Lipinski definition) is 2. The van der Waals surface area contributed by atoms with Gasteiger partial charge in [0.1, 0.15) is 5.75 Å². The van der Waals surface area contributed by atoms with Crippen LogP contribution in [-0.4, -0.2) is 6.61 Å². The fourth-order valence-electron chi connectivity index (χ4n) is 1.97. The fraction of sp³-hybridized carbons (Fsp3) is 0.200. The third-order valence-corrected chi connectivity index (χ3v) is 4.61.